The molecule has 0 atom stereocenters. The lowest BCUT2D eigenvalue weighted by Gasteiger charge is -2.21. The van der Waals surface area contributed by atoms with Crippen LogP contribution in [-0.4, -0.2) is 22.4 Å². The van der Waals surface area contributed by atoms with Crippen molar-refractivity contribution in [1.29, 1.82) is 0 Å². The highest BCUT2D eigenvalue weighted by atomic mass is 19.1. The molecule has 0 aliphatic carbocycles. The molecule has 3 aromatic rings. The fraction of sp³-hybridized carbons (Fsp3) is 0.125. The molecule has 1 heterocycles. The molecule has 4 nitrogen and oxygen atoms in total. The maximum Gasteiger partial charge on any atom is 0.258 e. The van der Waals surface area contributed by atoms with E-state index in [1.807, 2.05) is 6.92 Å². The number of carbonyl (C=O) groups is 1. The van der Waals surface area contributed by atoms with Gasteiger partial charge in [0.2, 0.25) is 0 Å². The first kappa shape index (κ1) is 13.3. The van der Waals surface area contributed by atoms with Gasteiger partial charge in [-0.05, 0) is 49.4 Å². The van der Waals surface area contributed by atoms with E-state index in [4.69, 9.17) is 0 Å². The molecule has 0 fully saturated rings. The minimum atomic E-state index is -0.318. The Bertz CT molecular complexity index is 780. The molecule has 1 aromatic heterocycles. The predicted molar refractivity (Wildman–Crippen MR) is 79.8 cm³/mol. The molecule has 5 heteroatoms. The Morgan fingerprint density at radius 2 is 2.00 bits per heavy atom. The van der Waals surface area contributed by atoms with Crippen LogP contribution < -0.4 is 4.90 Å². The van der Waals surface area contributed by atoms with Crippen LogP contribution in [0, 0.1) is 5.82 Å². The summed E-state index contributed by atoms with van der Waals surface area (Å²) in [5.41, 5.74) is 2.87. The number of rotatable bonds is 3. The van der Waals surface area contributed by atoms with Gasteiger partial charge >= 0.3 is 0 Å². The maximum absolute atomic E-state index is 13.0. The summed E-state index contributed by atoms with van der Waals surface area (Å²) in [5.74, 6) is -0.443. The number of imidazole rings is 1. The fourth-order valence-corrected chi connectivity index (χ4v) is 2.29. The second-order valence-electron chi connectivity index (χ2n) is 4.66. The molecule has 106 valence electrons. The number of H-pyrrole nitrogens is 1. The van der Waals surface area contributed by atoms with E-state index in [1.54, 1.807) is 41.6 Å². The lowest BCUT2D eigenvalue weighted by atomic mass is 10.1. The van der Waals surface area contributed by atoms with E-state index in [-0.39, 0.29) is 11.7 Å². The van der Waals surface area contributed by atoms with E-state index in [0.29, 0.717) is 17.8 Å². The van der Waals surface area contributed by atoms with Crippen LogP contribution in [0.3, 0.4) is 0 Å². The molecule has 3 rings (SSSR count). The van der Waals surface area contributed by atoms with Crippen LogP contribution in [-0.2, 0) is 0 Å². The number of fused-ring (bicyclic) bond motifs is 1. The van der Waals surface area contributed by atoms with Crippen molar-refractivity contribution in [2.24, 2.45) is 0 Å². The van der Waals surface area contributed by atoms with Gasteiger partial charge in [-0.15, -0.1) is 0 Å². The Morgan fingerprint density at radius 3 is 2.71 bits per heavy atom. The standard InChI is InChI=1S/C16H14FN3O/c1-2-20(13-6-4-12(17)5-7-13)16(21)11-3-8-14-15(9-11)19-10-18-14/h3-10H,2H2,1H3,(H,18,19). The third kappa shape index (κ3) is 2.50. The van der Waals surface area contributed by atoms with E-state index in [0.717, 1.165) is 11.0 Å². The topological polar surface area (TPSA) is 49.0 Å². The normalized spacial score (nSPS) is 10.8. The van der Waals surface area contributed by atoms with E-state index in [1.165, 1.54) is 12.1 Å². The van der Waals surface area contributed by atoms with E-state index < -0.39 is 0 Å². The molecule has 0 radical (unpaired) electrons. The quantitative estimate of drug-likeness (QED) is 0.801. The summed E-state index contributed by atoms with van der Waals surface area (Å²) in [6.07, 6.45) is 1.59. The average Bonchev–Trinajstić information content (AvgIpc) is 2.97. The summed E-state index contributed by atoms with van der Waals surface area (Å²) < 4.78 is 13.0. The van der Waals surface area contributed by atoms with Crippen molar-refractivity contribution in [3.63, 3.8) is 0 Å². The zero-order chi connectivity index (χ0) is 14.8. The third-order valence-corrected chi connectivity index (χ3v) is 3.37. The van der Waals surface area contributed by atoms with Crippen molar-refractivity contribution in [3.05, 3.63) is 60.2 Å². The van der Waals surface area contributed by atoms with E-state index in [2.05, 4.69) is 9.97 Å². The molecule has 0 saturated carbocycles. The Morgan fingerprint density at radius 1 is 1.24 bits per heavy atom. The third-order valence-electron chi connectivity index (χ3n) is 3.37. The first-order valence-electron chi connectivity index (χ1n) is 6.69. The number of nitrogens with zero attached hydrogens (tertiary/aromatic N) is 2. The minimum Gasteiger partial charge on any atom is -0.345 e. The van der Waals surface area contributed by atoms with Gasteiger partial charge in [0, 0.05) is 17.8 Å². The van der Waals surface area contributed by atoms with Crippen molar-refractivity contribution in [2.75, 3.05) is 11.4 Å². The molecule has 0 saturated heterocycles. The van der Waals surface area contributed by atoms with Crippen molar-refractivity contribution < 1.29 is 9.18 Å². The van der Waals surface area contributed by atoms with Gasteiger partial charge in [-0.1, -0.05) is 0 Å². The number of anilines is 1. The Labute approximate surface area is 121 Å². The maximum atomic E-state index is 13.0. The Balaban J connectivity index is 1.95. The van der Waals surface area contributed by atoms with Gasteiger partial charge in [-0.3, -0.25) is 4.79 Å². The van der Waals surface area contributed by atoms with E-state index in [9.17, 15) is 9.18 Å². The largest absolute Gasteiger partial charge is 0.345 e. The highest BCUT2D eigenvalue weighted by Crippen LogP contribution is 2.19. The second kappa shape index (κ2) is 5.36. The molecule has 1 amide bonds. The number of amides is 1. The number of halogens is 1. The highest BCUT2D eigenvalue weighted by molar-refractivity contribution is 6.07. The number of hydrogen-bond donors (Lipinski definition) is 1. The summed E-state index contributed by atoms with van der Waals surface area (Å²) >= 11 is 0. The number of benzene rings is 2. The predicted octanol–water partition coefficient (Wildman–Crippen LogP) is 3.37. The molecule has 0 aliphatic rings. The van der Waals surface area contributed by atoms with Gasteiger partial charge in [0.15, 0.2) is 0 Å². The van der Waals surface area contributed by atoms with Gasteiger partial charge in [-0.2, -0.15) is 0 Å². The second-order valence-corrected chi connectivity index (χ2v) is 4.66. The van der Waals surface area contributed by atoms with Crippen molar-refractivity contribution in [1.82, 2.24) is 9.97 Å². The highest BCUT2D eigenvalue weighted by Gasteiger charge is 2.16. The van der Waals surface area contributed by atoms with Crippen LogP contribution in [0.2, 0.25) is 0 Å². The van der Waals surface area contributed by atoms with Crippen LogP contribution in [0.1, 0.15) is 17.3 Å². The minimum absolute atomic E-state index is 0.124. The van der Waals surface area contributed by atoms with Crippen LogP contribution in [0.5, 0.6) is 0 Å². The Hall–Kier alpha value is -2.69. The fourth-order valence-electron chi connectivity index (χ4n) is 2.29. The number of carbonyl (C=O) groups excluding carboxylic acids is 1. The molecule has 0 spiro atoms. The lowest BCUT2D eigenvalue weighted by molar-refractivity contribution is 0.0988. The summed E-state index contributed by atoms with van der Waals surface area (Å²) in [5, 5.41) is 0. The zero-order valence-electron chi connectivity index (χ0n) is 11.5. The van der Waals surface area contributed by atoms with Gasteiger partial charge in [0.25, 0.3) is 5.91 Å². The zero-order valence-corrected chi connectivity index (χ0v) is 11.5. The Kier molecular flexibility index (Phi) is 3.39. The smallest absolute Gasteiger partial charge is 0.258 e. The molecule has 0 bridgehead atoms. The van der Waals surface area contributed by atoms with Gasteiger partial charge in [0.05, 0.1) is 17.4 Å². The van der Waals surface area contributed by atoms with Crippen LogP contribution in [0.15, 0.2) is 48.8 Å². The molecular formula is C16H14FN3O. The van der Waals surface area contributed by atoms with E-state index >= 15 is 0 Å². The number of aromatic nitrogens is 2. The summed E-state index contributed by atoms with van der Waals surface area (Å²) in [6, 6.07) is 11.2. The summed E-state index contributed by atoms with van der Waals surface area (Å²) in [4.78, 5) is 21.4. The number of hydrogen-bond acceptors (Lipinski definition) is 2. The van der Waals surface area contributed by atoms with Crippen LogP contribution >= 0.6 is 0 Å². The molecular weight excluding hydrogens is 269 g/mol. The average molecular weight is 283 g/mol. The summed E-state index contributed by atoms with van der Waals surface area (Å²) in [6.45, 7) is 2.39. The lowest BCUT2D eigenvalue weighted by Crippen LogP contribution is -2.30. The van der Waals surface area contributed by atoms with Crippen molar-refractivity contribution in [2.45, 2.75) is 6.92 Å². The van der Waals surface area contributed by atoms with Crippen molar-refractivity contribution in [3.8, 4) is 0 Å². The van der Waals surface area contributed by atoms with Crippen LogP contribution in [0.4, 0.5) is 10.1 Å². The first-order valence-corrected chi connectivity index (χ1v) is 6.69. The molecule has 0 aliphatic heterocycles. The van der Waals surface area contributed by atoms with Crippen LogP contribution in [0.25, 0.3) is 11.0 Å². The molecule has 1 N–H and O–H groups in total. The monoisotopic (exact) mass is 283 g/mol. The summed E-state index contributed by atoms with van der Waals surface area (Å²) in [7, 11) is 0. The van der Waals surface area contributed by atoms with Gasteiger partial charge in [0.1, 0.15) is 5.82 Å². The molecule has 0 unspecified atom stereocenters. The van der Waals surface area contributed by atoms with Gasteiger partial charge < -0.3 is 9.88 Å². The number of aromatic amines is 1. The SMILES string of the molecule is CCN(C(=O)c1ccc2nc[nH]c2c1)c1ccc(F)cc1. The molecule has 2 aromatic carbocycles. The van der Waals surface area contributed by atoms with Gasteiger partial charge in [-0.25, -0.2) is 9.37 Å². The number of nitrogens with one attached hydrogen (secondary N) is 1. The molecule has 21 heavy (non-hydrogen) atoms. The first-order chi connectivity index (χ1) is 10.2. The van der Waals surface area contributed by atoms with Crippen molar-refractivity contribution >= 4 is 22.6 Å².